The van der Waals surface area contributed by atoms with Gasteiger partial charge < -0.3 is 0 Å². The van der Waals surface area contributed by atoms with Gasteiger partial charge in [0.25, 0.3) is 0 Å². The van der Waals surface area contributed by atoms with E-state index in [4.69, 9.17) is 0 Å². The molecule has 0 fully saturated rings. The monoisotopic (exact) mass is 303 g/mol. The van der Waals surface area contributed by atoms with Crippen molar-refractivity contribution in [2.24, 2.45) is 4.99 Å². The SMILES string of the molecule is CC1(C)CCC(C)(C)c2cc3cc(C4=CCN=C4)ccc3cc21. The van der Waals surface area contributed by atoms with E-state index in [1.165, 1.54) is 45.9 Å². The van der Waals surface area contributed by atoms with E-state index in [0.717, 1.165) is 6.54 Å². The molecule has 2 aromatic carbocycles. The molecule has 2 aromatic rings. The van der Waals surface area contributed by atoms with Crippen molar-refractivity contribution < 1.29 is 0 Å². The molecular weight excluding hydrogens is 278 g/mol. The summed E-state index contributed by atoms with van der Waals surface area (Å²) in [4.78, 5) is 4.32. The molecule has 0 amide bonds. The Morgan fingerprint density at radius 1 is 0.826 bits per heavy atom. The molecule has 0 N–H and O–H groups in total. The van der Waals surface area contributed by atoms with Crippen LogP contribution in [-0.2, 0) is 10.8 Å². The Hall–Kier alpha value is -1.89. The van der Waals surface area contributed by atoms with Crippen molar-refractivity contribution in [3.63, 3.8) is 0 Å². The highest BCUT2D eigenvalue weighted by atomic mass is 14.7. The maximum Gasteiger partial charge on any atom is 0.0580 e. The van der Waals surface area contributed by atoms with Crippen molar-refractivity contribution in [3.05, 3.63) is 53.1 Å². The van der Waals surface area contributed by atoms with Crippen LogP contribution in [0, 0.1) is 0 Å². The van der Waals surface area contributed by atoms with Gasteiger partial charge in [0.2, 0.25) is 0 Å². The highest BCUT2D eigenvalue weighted by Gasteiger charge is 2.37. The zero-order valence-corrected chi connectivity index (χ0v) is 14.6. The predicted octanol–water partition coefficient (Wildman–Crippen LogP) is 5.66. The average Bonchev–Trinajstić information content (AvgIpc) is 3.05. The molecule has 0 saturated carbocycles. The first-order chi connectivity index (χ1) is 10.9. The van der Waals surface area contributed by atoms with Crippen LogP contribution in [-0.4, -0.2) is 12.8 Å². The molecule has 0 bridgehead atoms. The van der Waals surface area contributed by atoms with Gasteiger partial charge in [-0.3, -0.25) is 4.99 Å². The number of fused-ring (bicyclic) bond motifs is 2. The highest BCUT2D eigenvalue weighted by molar-refractivity contribution is 6.12. The molecule has 0 spiro atoms. The van der Waals surface area contributed by atoms with Crippen molar-refractivity contribution >= 4 is 22.6 Å². The van der Waals surface area contributed by atoms with Crippen molar-refractivity contribution in [3.8, 4) is 0 Å². The predicted molar refractivity (Wildman–Crippen MR) is 101 cm³/mol. The normalized spacial score (nSPS) is 21.3. The molecule has 0 aromatic heterocycles. The van der Waals surface area contributed by atoms with Crippen LogP contribution in [0.3, 0.4) is 0 Å². The van der Waals surface area contributed by atoms with Crippen molar-refractivity contribution in [1.82, 2.24) is 0 Å². The summed E-state index contributed by atoms with van der Waals surface area (Å²) in [5.41, 5.74) is 6.15. The van der Waals surface area contributed by atoms with Gasteiger partial charge in [0.05, 0.1) is 6.54 Å². The zero-order valence-electron chi connectivity index (χ0n) is 14.6. The average molecular weight is 303 g/mol. The molecule has 4 rings (SSSR count). The summed E-state index contributed by atoms with van der Waals surface area (Å²) >= 11 is 0. The summed E-state index contributed by atoms with van der Waals surface area (Å²) in [6, 6.07) is 11.7. The molecule has 0 radical (unpaired) electrons. The highest BCUT2D eigenvalue weighted by Crippen LogP contribution is 2.47. The van der Waals surface area contributed by atoms with E-state index in [9.17, 15) is 0 Å². The second-order valence-corrected chi connectivity index (χ2v) is 8.38. The minimum absolute atomic E-state index is 0.267. The fourth-order valence-electron chi connectivity index (χ4n) is 4.04. The summed E-state index contributed by atoms with van der Waals surface area (Å²) in [6.07, 6.45) is 6.72. The molecule has 0 saturated heterocycles. The summed E-state index contributed by atoms with van der Waals surface area (Å²) in [6.45, 7) is 10.4. The fourth-order valence-corrected chi connectivity index (χ4v) is 4.04. The molecule has 1 aliphatic heterocycles. The van der Waals surface area contributed by atoms with Gasteiger partial charge in [-0.1, -0.05) is 58.0 Å². The van der Waals surface area contributed by atoms with Gasteiger partial charge in [-0.25, -0.2) is 0 Å². The summed E-state index contributed by atoms with van der Waals surface area (Å²) in [5.74, 6) is 0. The van der Waals surface area contributed by atoms with Gasteiger partial charge in [0, 0.05) is 6.21 Å². The minimum atomic E-state index is 0.267. The van der Waals surface area contributed by atoms with Crippen molar-refractivity contribution in [2.75, 3.05) is 6.54 Å². The van der Waals surface area contributed by atoms with Crippen molar-refractivity contribution in [2.45, 2.75) is 51.4 Å². The Morgan fingerprint density at radius 3 is 2.09 bits per heavy atom. The Kier molecular flexibility index (Phi) is 3.07. The van der Waals surface area contributed by atoms with Crippen LogP contribution in [0.25, 0.3) is 16.3 Å². The largest absolute Gasteiger partial charge is 0.288 e. The van der Waals surface area contributed by atoms with E-state index in [1.54, 1.807) is 0 Å². The third-order valence-electron chi connectivity index (χ3n) is 5.79. The van der Waals surface area contributed by atoms with E-state index in [0.29, 0.717) is 0 Å². The topological polar surface area (TPSA) is 12.4 Å². The molecule has 1 heterocycles. The molecule has 1 aliphatic carbocycles. The molecule has 1 heteroatoms. The minimum Gasteiger partial charge on any atom is -0.288 e. The van der Waals surface area contributed by atoms with Crippen LogP contribution >= 0.6 is 0 Å². The molecule has 118 valence electrons. The Morgan fingerprint density at radius 2 is 1.48 bits per heavy atom. The Bertz CT molecular complexity index is 850. The number of nitrogens with zero attached hydrogens (tertiary/aromatic N) is 1. The van der Waals surface area contributed by atoms with Crippen LogP contribution in [0.15, 0.2) is 41.4 Å². The molecule has 23 heavy (non-hydrogen) atoms. The number of rotatable bonds is 1. The fraction of sp³-hybridized carbons (Fsp3) is 0.409. The lowest BCUT2D eigenvalue weighted by Gasteiger charge is -2.42. The smallest absolute Gasteiger partial charge is 0.0580 e. The maximum atomic E-state index is 4.32. The Balaban J connectivity index is 1.93. The van der Waals surface area contributed by atoms with E-state index >= 15 is 0 Å². The third kappa shape index (κ3) is 2.34. The third-order valence-corrected chi connectivity index (χ3v) is 5.79. The molecule has 0 unspecified atom stereocenters. The van der Waals surface area contributed by atoms with Crippen LogP contribution < -0.4 is 0 Å². The van der Waals surface area contributed by atoms with E-state index in [1.807, 2.05) is 6.21 Å². The standard InChI is InChI=1S/C22H25N/c1-21(2)8-9-22(3,4)20-13-18-11-15(17-7-10-23-14-17)5-6-16(18)12-19(20)21/h5-7,11-14H,8-10H2,1-4H3. The van der Waals surface area contributed by atoms with Gasteiger partial charge in [-0.15, -0.1) is 0 Å². The first kappa shape index (κ1) is 14.7. The van der Waals surface area contributed by atoms with E-state index in [2.05, 4.69) is 69.1 Å². The second kappa shape index (κ2) is 4.80. The van der Waals surface area contributed by atoms with E-state index < -0.39 is 0 Å². The van der Waals surface area contributed by atoms with Gasteiger partial charge in [-0.05, 0) is 62.8 Å². The number of hydrogen-bond donors (Lipinski definition) is 0. The van der Waals surface area contributed by atoms with Crippen LogP contribution in [0.2, 0.25) is 0 Å². The van der Waals surface area contributed by atoms with Gasteiger partial charge >= 0.3 is 0 Å². The number of benzene rings is 2. The second-order valence-electron chi connectivity index (χ2n) is 8.38. The lowest BCUT2D eigenvalue weighted by molar-refractivity contribution is 0.332. The molecule has 1 nitrogen and oxygen atoms in total. The maximum absolute atomic E-state index is 4.32. The number of hydrogen-bond acceptors (Lipinski definition) is 1. The van der Waals surface area contributed by atoms with Gasteiger partial charge in [0.1, 0.15) is 0 Å². The molecule has 2 aliphatic rings. The van der Waals surface area contributed by atoms with Crippen LogP contribution in [0.5, 0.6) is 0 Å². The molecular formula is C22H25N. The number of aliphatic imine (C=N–C) groups is 1. The lowest BCUT2D eigenvalue weighted by Crippen LogP contribution is -2.33. The van der Waals surface area contributed by atoms with Gasteiger partial charge in [-0.2, -0.15) is 0 Å². The lowest BCUT2D eigenvalue weighted by atomic mass is 9.63. The summed E-state index contributed by atoms with van der Waals surface area (Å²) < 4.78 is 0. The van der Waals surface area contributed by atoms with Crippen LogP contribution in [0.4, 0.5) is 0 Å². The quantitative estimate of drug-likeness (QED) is 0.645. The molecule has 0 atom stereocenters. The first-order valence-electron chi connectivity index (χ1n) is 8.66. The Labute approximate surface area is 139 Å². The summed E-state index contributed by atoms with van der Waals surface area (Å²) in [7, 11) is 0. The zero-order chi connectivity index (χ0) is 16.2. The van der Waals surface area contributed by atoms with Gasteiger partial charge in [0.15, 0.2) is 0 Å². The number of allylic oxidation sites excluding steroid dienone is 1. The van der Waals surface area contributed by atoms with E-state index in [-0.39, 0.29) is 10.8 Å². The summed E-state index contributed by atoms with van der Waals surface area (Å²) in [5, 5.41) is 2.71. The first-order valence-corrected chi connectivity index (χ1v) is 8.66. The van der Waals surface area contributed by atoms with Crippen LogP contribution in [0.1, 0.15) is 57.2 Å². The van der Waals surface area contributed by atoms with Crippen molar-refractivity contribution in [1.29, 1.82) is 0 Å².